The first-order chi connectivity index (χ1) is 10.5. The lowest BCUT2D eigenvalue weighted by atomic mass is 10.1. The summed E-state index contributed by atoms with van der Waals surface area (Å²) in [4.78, 5) is 7.90. The highest BCUT2D eigenvalue weighted by atomic mass is 19.1. The maximum atomic E-state index is 14.1. The number of hydrogen-bond donors (Lipinski definition) is 2. The monoisotopic (exact) mass is 303 g/mol. The summed E-state index contributed by atoms with van der Waals surface area (Å²) < 4.78 is 27.4. The van der Waals surface area contributed by atoms with Crippen LogP contribution in [0, 0.1) is 11.7 Å². The number of allylic oxidation sites excluding steroid dienone is 2. The van der Waals surface area contributed by atoms with Crippen molar-refractivity contribution in [2.75, 3.05) is 0 Å². The molecule has 0 unspecified atom stereocenters. The molecule has 22 heavy (non-hydrogen) atoms. The molecular weight excluding hydrogens is 288 g/mol. The molecule has 0 bridgehead atoms. The number of aromatic nitrogens is 3. The summed E-state index contributed by atoms with van der Waals surface area (Å²) in [6.45, 7) is 5.34. The van der Waals surface area contributed by atoms with Crippen LogP contribution in [-0.2, 0) is 0 Å². The van der Waals surface area contributed by atoms with Crippen molar-refractivity contribution in [2.24, 2.45) is 16.6 Å². The number of pyridine rings is 1. The van der Waals surface area contributed by atoms with E-state index in [2.05, 4.69) is 26.8 Å². The number of nitrogens with one attached hydrogen (secondary N) is 1. The number of hydrogen-bond acceptors (Lipinski definition) is 4. The van der Waals surface area contributed by atoms with E-state index in [0.29, 0.717) is 28.0 Å². The van der Waals surface area contributed by atoms with Crippen molar-refractivity contribution in [3.05, 3.63) is 47.6 Å². The normalized spacial score (nSPS) is 16.8. The Balaban J connectivity index is 1.97. The molecule has 3 N–H and O–H groups in total. The predicted molar refractivity (Wildman–Crippen MR) is 80.2 cm³/mol. The van der Waals surface area contributed by atoms with Gasteiger partial charge in [0, 0.05) is 0 Å². The van der Waals surface area contributed by atoms with E-state index in [4.69, 9.17) is 5.73 Å². The lowest BCUT2D eigenvalue weighted by molar-refractivity contribution is 0.620. The summed E-state index contributed by atoms with van der Waals surface area (Å²) >= 11 is 0. The van der Waals surface area contributed by atoms with E-state index < -0.39 is 11.6 Å². The molecule has 7 heteroatoms. The van der Waals surface area contributed by atoms with Crippen molar-refractivity contribution in [2.45, 2.75) is 19.8 Å². The van der Waals surface area contributed by atoms with Crippen LogP contribution in [0.5, 0.6) is 0 Å². The number of fused-ring (bicyclic) bond motifs is 1. The van der Waals surface area contributed by atoms with Crippen LogP contribution in [0.3, 0.4) is 0 Å². The van der Waals surface area contributed by atoms with Crippen LogP contribution in [0.2, 0.25) is 0 Å². The average Bonchev–Trinajstić information content (AvgIpc) is 3.25. The molecule has 0 aliphatic heterocycles. The standard InChI is InChI=1S/C15H15F2N5/c1-7(9-3-4-9)12(17)14(18)20-8(2)13-11-5-10(16)6-19-15(11)22-21-13/h5-6,9H,1,3-4,18H2,2H3,(H,19,21,22)/b14-12+,20-8?. The Morgan fingerprint density at radius 3 is 2.91 bits per heavy atom. The third-order valence-corrected chi connectivity index (χ3v) is 3.60. The van der Waals surface area contributed by atoms with Gasteiger partial charge in [0.1, 0.15) is 5.82 Å². The minimum Gasteiger partial charge on any atom is -0.381 e. The van der Waals surface area contributed by atoms with Crippen molar-refractivity contribution in [1.82, 2.24) is 15.2 Å². The Labute approximate surface area is 125 Å². The summed E-state index contributed by atoms with van der Waals surface area (Å²) in [5.74, 6) is -1.14. The van der Waals surface area contributed by atoms with Crippen LogP contribution in [0.15, 0.2) is 41.1 Å². The van der Waals surface area contributed by atoms with E-state index in [-0.39, 0.29) is 11.7 Å². The molecule has 1 aliphatic carbocycles. The molecule has 0 radical (unpaired) electrons. The first-order valence-corrected chi connectivity index (χ1v) is 6.87. The summed E-state index contributed by atoms with van der Waals surface area (Å²) in [5, 5.41) is 7.14. The molecular formula is C15H15F2N5. The molecule has 1 aliphatic rings. The number of nitrogens with two attached hydrogens (primary N) is 1. The second-order valence-corrected chi connectivity index (χ2v) is 5.32. The minimum atomic E-state index is -0.588. The minimum absolute atomic E-state index is 0.167. The number of aromatic amines is 1. The Kier molecular flexibility index (Phi) is 3.48. The Morgan fingerprint density at radius 1 is 1.50 bits per heavy atom. The lowest BCUT2D eigenvalue weighted by Crippen LogP contribution is -2.05. The zero-order chi connectivity index (χ0) is 15.9. The van der Waals surface area contributed by atoms with Gasteiger partial charge in [-0.3, -0.25) is 5.10 Å². The quantitative estimate of drug-likeness (QED) is 0.673. The third-order valence-electron chi connectivity index (χ3n) is 3.60. The molecule has 0 aromatic carbocycles. The molecule has 1 saturated carbocycles. The highest BCUT2D eigenvalue weighted by Gasteiger charge is 2.28. The van der Waals surface area contributed by atoms with Gasteiger partial charge in [0.25, 0.3) is 0 Å². The molecule has 1 fully saturated rings. The van der Waals surface area contributed by atoms with Gasteiger partial charge >= 0.3 is 0 Å². The first-order valence-electron chi connectivity index (χ1n) is 6.87. The number of halogens is 2. The summed E-state index contributed by atoms with van der Waals surface area (Å²) in [6.07, 6.45) is 2.93. The highest BCUT2D eigenvalue weighted by Crippen LogP contribution is 2.39. The third kappa shape index (κ3) is 2.61. The summed E-state index contributed by atoms with van der Waals surface area (Å²) in [7, 11) is 0. The van der Waals surface area contributed by atoms with Crippen molar-refractivity contribution < 1.29 is 8.78 Å². The van der Waals surface area contributed by atoms with Crippen molar-refractivity contribution in [3.8, 4) is 0 Å². The number of rotatable bonds is 4. The van der Waals surface area contributed by atoms with Crippen LogP contribution < -0.4 is 5.73 Å². The van der Waals surface area contributed by atoms with Gasteiger partial charge < -0.3 is 5.73 Å². The second kappa shape index (κ2) is 5.32. The van der Waals surface area contributed by atoms with E-state index in [9.17, 15) is 8.78 Å². The van der Waals surface area contributed by atoms with Gasteiger partial charge in [0.05, 0.1) is 23.0 Å². The van der Waals surface area contributed by atoms with Gasteiger partial charge in [0.2, 0.25) is 0 Å². The number of H-pyrrole nitrogens is 1. The Hall–Kier alpha value is -2.57. The van der Waals surface area contributed by atoms with E-state index in [1.165, 1.54) is 6.07 Å². The van der Waals surface area contributed by atoms with Crippen LogP contribution >= 0.6 is 0 Å². The Bertz CT molecular complexity index is 814. The SMILES string of the molecule is C=C(/C(F)=C(/N)N=C(C)c1[nH]nc2ncc(F)cc12)C1CC1. The van der Waals surface area contributed by atoms with Gasteiger partial charge in [-0.15, -0.1) is 0 Å². The second-order valence-electron chi connectivity index (χ2n) is 5.32. The number of aliphatic imine (C=N–C) groups is 1. The van der Waals surface area contributed by atoms with E-state index in [0.717, 1.165) is 19.0 Å². The topological polar surface area (TPSA) is 80.0 Å². The lowest BCUT2D eigenvalue weighted by Gasteiger charge is -2.04. The summed E-state index contributed by atoms with van der Waals surface area (Å²) in [5.41, 5.74) is 7.29. The number of nitrogens with zero attached hydrogens (tertiary/aromatic N) is 3. The molecule has 2 aromatic heterocycles. The molecule has 0 saturated heterocycles. The van der Waals surface area contributed by atoms with Crippen LogP contribution in [0.4, 0.5) is 8.78 Å². The van der Waals surface area contributed by atoms with Gasteiger partial charge in [-0.25, -0.2) is 18.8 Å². The van der Waals surface area contributed by atoms with E-state index in [1.807, 2.05) is 0 Å². The Morgan fingerprint density at radius 2 is 2.23 bits per heavy atom. The molecule has 0 amide bonds. The van der Waals surface area contributed by atoms with Crippen molar-refractivity contribution in [3.63, 3.8) is 0 Å². The van der Waals surface area contributed by atoms with Gasteiger partial charge in [0.15, 0.2) is 17.3 Å². The molecule has 0 atom stereocenters. The molecule has 2 heterocycles. The van der Waals surface area contributed by atoms with E-state index in [1.54, 1.807) is 6.92 Å². The van der Waals surface area contributed by atoms with E-state index >= 15 is 0 Å². The van der Waals surface area contributed by atoms with Crippen LogP contribution in [0.1, 0.15) is 25.5 Å². The van der Waals surface area contributed by atoms with Gasteiger partial charge in [-0.05, 0) is 37.3 Å². The molecule has 2 aromatic rings. The smallest absolute Gasteiger partial charge is 0.181 e. The van der Waals surface area contributed by atoms with Gasteiger partial charge in [-0.1, -0.05) is 6.58 Å². The fourth-order valence-electron chi connectivity index (χ4n) is 2.21. The maximum Gasteiger partial charge on any atom is 0.181 e. The molecule has 114 valence electrons. The average molecular weight is 303 g/mol. The fraction of sp³-hybridized carbons (Fsp3) is 0.267. The fourth-order valence-corrected chi connectivity index (χ4v) is 2.21. The molecule has 5 nitrogen and oxygen atoms in total. The predicted octanol–water partition coefficient (Wildman–Crippen LogP) is 2.97. The summed E-state index contributed by atoms with van der Waals surface area (Å²) in [6, 6.07) is 1.29. The van der Waals surface area contributed by atoms with Crippen LogP contribution in [0.25, 0.3) is 11.0 Å². The highest BCUT2D eigenvalue weighted by molar-refractivity contribution is 6.07. The molecule has 3 rings (SSSR count). The zero-order valence-corrected chi connectivity index (χ0v) is 12.0. The zero-order valence-electron chi connectivity index (χ0n) is 12.0. The maximum absolute atomic E-state index is 14.1. The van der Waals surface area contributed by atoms with Gasteiger partial charge in [-0.2, -0.15) is 5.10 Å². The largest absolute Gasteiger partial charge is 0.381 e. The molecule has 0 spiro atoms. The van der Waals surface area contributed by atoms with Crippen molar-refractivity contribution in [1.29, 1.82) is 0 Å². The first kappa shape index (κ1) is 14.4. The van der Waals surface area contributed by atoms with Crippen LogP contribution in [-0.4, -0.2) is 20.9 Å². The van der Waals surface area contributed by atoms with Crippen molar-refractivity contribution >= 4 is 16.7 Å².